The summed E-state index contributed by atoms with van der Waals surface area (Å²) in [7, 11) is 1.68. The molecule has 0 spiro atoms. The number of nitriles is 1. The van der Waals surface area contributed by atoms with E-state index < -0.39 is 25.9 Å². The van der Waals surface area contributed by atoms with Crippen LogP contribution in [0.2, 0.25) is 6.32 Å². The zero-order valence-electron chi connectivity index (χ0n) is 29.3. The van der Waals surface area contributed by atoms with Gasteiger partial charge in [0, 0.05) is 18.3 Å². The molecule has 0 bridgehead atoms. The summed E-state index contributed by atoms with van der Waals surface area (Å²) < 4.78 is 33.8. The third kappa shape index (κ3) is 9.15. The van der Waals surface area contributed by atoms with E-state index in [0.29, 0.717) is 18.7 Å². The first-order valence-electron chi connectivity index (χ1n) is 16.8. The highest BCUT2D eigenvalue weighted by Gasteiger charge is 2.40. The first-order valence-corrected chi connectivity index (χ1v) is 18.0. The van der Waals surface area contributed by atoms with E-state index in [9.17, 15) is 9.69 Å². The lowest BCUT2D eigenvalue weighted by Gasteiger charge is -2.37. The van der Waals surface area contributed by atoms with Gasteiger partial charge in [-0.2, -0.15) is 10.2 Å². The van der Waals surface area contributed by atoms with Gasteiger partial charge in [-0.15, -0.1) is 0 Å². The fraction of sp³-hybridized carbons (Fsp3) is 0.378. The van der Waals surface area contributed by atoms with Crippen LogP contribution in [-0.4, -0.2) is 71.5 Å². The van der Waals surface area contributed by atoms with Crippen LogP contribution in [0.1, 0.15) is 50.0 Å². The van der Waals surface area contributed by atoms with Crippen molar-refractivity contribution in [1.82, 2.24) is 14.2 Å². The van der Waals surface area contributed by atoms with E-state index in [4.69, 9.17) is 34.5 Å². The second-order valence-electron chi connectivity index (χ2n) is 12.4. The molecule has 2 heterocycles. The highest BCUT2D eigenvalue weighted by Crippen LogP contribution is 2.43. The largest absolute Gasteiger partial charge is 0.497 e. The van der Waals surface area contributed by atoms with Gasteiger partial charge in [-0.25, -0.2) is 9.46 Å². The van der Waals surface area contributed by atoms with Crippen LogP contribution in [0.4, 0.5) is 5.82 Å². The van der Waals surface area contributed by atoms with Gasteiger partial charge in [-0.1, -0.05) is 54.6 Å². The monoisotopic (exact) mass is 712 g/mol. The summed E-state index contributed by atoms with van der Waals surface area (Å²) in [5.41, 5.74) is 6.82. The average molecular weight is 713 g/mol. The maximum atomic E-state index is 12.5. The molecule has 4 aromatic rings. The smallest absolute Gasteiger partial charge is 0.350 e. The Morgan fingerprint density at radius 3 is 2.31 bits per heavy atom. The van der Waals surface area contributed by atoms with Crippen LogP contribution < -0.4 is 20.9 Å². The van der Waals surface area contributed by atoms with Crippen molar-refractivity contribution >= 4 is 21.6 Å². The molecule has 1 aliphatic rings. The van der Waals surface area contributed by atoms with Gasteiger partial charge in [-0.3, -0.25) is 4.57 Å². The predicted octanol–water partition coefficient (Wildman–Crippen LogP) is 5.45. The molecule has 5 atom stereocenters. The number of nitrogens with zero attached hydrogens (tertiary/aromatic N) is 4. The summed E-state index contributed by atoms with van der Waals surface area (Å²) in [5, 5.41) is 8.84. The molecule has 5 rings (SSSR count). The lowest BCUT2D eigenvalue weighted by molar-refractivity contribution is -0.0697. The molecule has 1 saturated heterocycles. The van der Waals surface area contributed by atoms with E-state index in [1.54, 1.807) is 19.4 Å². The van der Waals surface area contributed by atoms with Gasteiger partial charge in [0.1, 0.15) is 35.7 Å². The first-order chi connectivity index (χ1) is 24.7. The first kappa shape index (κ1) is 38.0. The molecule has 3 N–H and O–H groups in total. The Morgan fingerprint density at radius 1 is 1.06 bits per heavy atom. The van der Waals surface area contributed by atoms with Crippen molar-refractivity contribution in [2.75, 3.05) is 32.7 Å². The van der Waals surface area contributed by atoms with Crippen molar-refractivity contribution in [3.63, 3.8) is 0 Å². The van der Waals surface area contributed by atoms with Crippen molar-refractivity contribution in [2.24, 2.45) is 0 Å². The van der Waals surface area contributed by atoms with E-state index in [2.05, 4.69) is 4.98 Å². The van der Waals surface area contributed by atoms with Crippen molar-refractivity contribution in [1.29, 1.82) is 5.26 Å². The number of nitrogen functional groups attached to an aromatic ring is 1. The zero-order valence-corrected chi connectivity index (χ0v) is 30.2. The van der Waals surface area contributed by atoms with Gasteiger partial charge in [0.25, 0.3) is 8.53 Å². The number of aromatic nitrogens is 2. The normalized spacial score (nSPS) is 18.1. The number of hydrogen-bond acceptors (Lipinski definition) is 11. The molecule has 14 heteroatoms. The molecule has 1 radical (unpaired) electrons. The standard InChI is InChI=1S/C37H44BN5O7P/c1-26(2)43(51(45)49-22-8-20-39)27(3)24-47-32-17-13-30(14-18-32)37(28-9-6-5-7-10-28,29-11-15-31(46-4)16-12-29)48-25-33-23-38-35(50-33)42-21-19-34(40)41-36(42)44/h5-7,9-19,21,26-27,33,35,45H,8,22-25H2,1-4H3,(H2,40,41,44). The quantitative estimate of drug-likeness (QED) is 0.0622. The van der Waals surface area contributed by atoms with Crippen molar-refractivity contribution in [3.8, 4) is 17.6 Å². The van der Waals surface area contributed by atoms with Crippen molar-refractivity contribution < 1.29 is 28.4 Å². The third-order valence-electron chi connectivity index (χ3n) is 8.57. The van der Waals surface area contributed by atoms with E-state index in [1.165, 1.54) is 4.57 Å². The minimum Gasteiger partial charge on any atom is -0.497 e. The SMILES string of the molecule is COc1ccc(C(OCC2C[B]C(n3ccc(N)nc3=O)O2)(c2ccccc2)c2ccc(OCC(C)N(C(C)C)P(O)OCCC#N)cc2)cc1. The summed E-state index contributed by atoms with van der Waals surface area (Å²) in [6, 6.07) is 29.0. The Morgan fingerprint density at radius 2 is 1.71 bits per heavy atom. The van der Waals surface area contributed by atoms with Crippen molar-refractivity contribution in [2.45, 2.75) is 63.4 Å². The maximum absolute atomic E-state index is 12.5. The number of methoxy groups -OCH3 is 1. The van der Waals surface area contributed by atoms with Gasteiger partial charge < -0.3 is 34.1 Å². The minimum absolute atomic E-state index is 0.00172. The van der Waals surface area contributed by atoms with Crippen LogP contribution in [0.3, 0.4) is 0 Å². The summed E-state index contributed by atoms with van der Waals surface area (Å²) in [6.07, 6.45) is 1.42. The molecule has 12 nitrogen and oxygen atoms in total. The molecule has 267 valence electrons. The molecule has 1 aromatic heterocycles. The lowest BCUT2D eigenvalue weighted by atomic mass is 9.73. The topological polar surface area (TPSA) is 154 Å². The van der Waals surface area contributed by atoms with Gasteiger partial charge in [0.15, 0.2) is 7.28 Å². The lowest BCUT2D eigenvalue weighted by Crippen LogP contribution is -2.38. The number of rotatable bonds is 17. The zero-order chi connectivity index (χ0) is 36.4. The Balaban J connectivity index is 1.41. The number of ether oxygens (including phenoxy) is 4. The van der Waals surface area contributed by atoms with Crippen LogP contribution in [0.25, 0.3) is 0 Å². The van der Waals surface area contributed by atoms with Crippen molar-refractivity contribution in [3.05, 3.63) is 118 Å². The number of hydrogen-bond donors (Lipinski definition) is 2. The molecule has 5 unspecified atom stereocenters. The number of anilines is 1. The fourth-order valence-electron chi connectivity index (χ4n) is 6.14. The highest BCUT2D eigenvalue weighted by molar-refractivity contribution is 7.43. The molecule has 1 aliphatic heterocycles. The third-order valence-corrected chi connectivity index (χ3v) is 10.2. The van der Waals surface area contributed by atoms with E-state index in [-0.39, 0.29) is 43.6 Å². The van der Waals surface area contributed by atoms with Crippen LogP contribution in [0.15, 0.2) is 95.9 Å². The molecule has 1 fully saturated rings. The highest BCUT2D eigenvalue weighted by atomic mass is 31.2. The van der Waals surface area contributed by atoms with Crippen LogP contribution >= 0.6 is 8.53 Å². The Hall–Kier alpha value is -4.28. The molecule has 51 heavy (non-hydrogen) atoms. The van der Waals surface area contributed by atoms with Crippen LogP contribution in [0, 0.1) is 11.3 Å². The second-order valence-corrected chi connectivity index (χ2v) is 13.6. The Bertz CT molecular complexity index is 1790. The van der Waals surface area contributed by atoms with Crippen LogP contribution in [0.5, 0.6) is 11.5 Å². The maximum Gasteiger partial charge on any atom is 0.350 e. The summed E-state index contributed by atoms with van der Waals surface area (Å²) >= 11 is 0. The van der Waals surface area contributed by atoms with E-state index in [0.717, 1.165) is 22.4 Å². The fourth-order valence-corrected chi connectivity index (χ4v) is 7.33. The van der Waals surface area contributed by atoms with Gasteiger partial charge in [-0.05, 0) is 74.1 Å². The predicted molar refractivity (Wildman–Crippen MR) is 196 cm³/mol. The summed E-state index contributed by atoms with van der Waals surface area (Å²) in [6.45, 7) is 6.63. The second kappa shape index (κ2) is 17.8. The minimum atomic E-state index is -1.88. The molecule has 3 aromatic carbocycles. The summed E-state index contributed by atoms with van der Waals surface area (Å²) in [4.78, 5) is 27.1. The molecule has 0 saturated carbocycles. The van der Waals surface area contributed by atoms with Gasteiger partial charge in [0.2, 0.25) is 0 Å². The number of nitrogens with two attached hydrogens (primary N) is 1. The van der Waals surface area contributed by atoms with E-state index in [1.807, 2.05) is 118 Å². The molecule has 0 amide bonds. The molecule has 0 aliphatic carbocycles. The Labute approximate surface area is 300 Å². The van der Waals surface area contributed by atoms with Crippen LogP contribution in [-0.2, 0) is 19.6 Å². The Kier molecular flexibility index (Phi) is 13.2. The summed E-state index contributed by atoms with van der Waals surface area (Å²) in [5.74, 6) is 1.52. The molecular formula is C37H44BN5O7P. The van der Waals surface area contributed by atoms with Gasteiger partial charge >= 0.3 is 5.69 Å². The average Bonchev–Trinajstić information content (AvgIpc) is 3.61. The van der Waals surface area contributed by atoms with E-state index >= 15 is 0 Å². The molecular weight excluding hydrogens is 668 g/mol. The van der Waals surface area contributed by atoms with Gasteiger partial charge in [0.05, 0.1) is 38.9 Å². The number of benzene rings is 3.